The third kappa shape index (κ3) is 3.99. The van der Waals surface area contributed by atoms with Gasteiger partial charge < -0.3 is 19.0 Å². The molecule has 7 nitrogen and oxygen atoms in total. The summed E-state index contributed by atoms with van der Waals surface area (Å²) in [6, 6.07) is 24.1. The number of aliphatic hydroxyl groups excluding tert-OH is 1. The first kappa shape index (κ1) is 24.6. The Morgan fingerprint density at radius 1 is 0.923 bits per heavy atom. The molecule has 1 amide bonds. The Hall–Kier alpha value is -4.75. The maximum absolute atomic E-state index is 14.1. The number of hydrogen-bond donors (Lipinski definition) is 1. The quantitative estimate of drug-likeness (QED) is 0.233. The van der Waals surface area contributed by atoms with Crippen molar-refractivity contribution in [3.63, 3.8) is 0 Å². The highest BCUT2D eigenvalue weighted by molar-refractivity contribution is 6.31. The number of ketones is 1. The second-order valence-corrected chi connectivity index (χ2v) is 9.51. The summed E-state index contributed by atoms with van der Waals surface area (Å²) in [5, 5.41) is 13.9. The molecule has 1 aromatic heterocycles. The van der Waals surface area contributed by atoms with E-state index in [0.29, 0.717) is 38.7 Å². The van der Waals surface area contributed by atoms with Crippen molar-refractivity contribution in [2.24, 2.45) is 0 Å². The van der Waals surface area contributed by atoms with Gasteiger partial charge in [0.15, 0.2) is 22.9 Å². The van der Waals surface area contributed by atoms with Crippen LogP contribution in [0.2, 0.25) is 5.02 Å². The highest BCUT2D eigenvalue weighted by Crippen LogP contribution is 2.45. The molecule has 1 aliphatic heterocycles. The highest BCUT2D eigenvalue weighted by atomic mass is 35.5. The van der Waals surface area contributed by atoms with Gasteiger partial charge in [0.1, 0.15) is 5.75 Å². The first-order chi connectivity index (χ1) is 18.9. The maximum atomic E-state index is 14.1. The maximum Gasteiger partial charge on any atom is 0.294 e. The number of amides is 1. The average molecular weight is 540 g/mol. The SMILES string of the molecule is COc1cccc(N2C(=O)C(O)=C(C(=O)c3cc4cc(Cl)cc(OC)c4o3)C2c2cccc3ccccc23)c1. The topological polar surface area (TPSA) is 89.2 Å². The Balaban J connectivity index is 1.57. The number of rotatable bonds is 6. The number of halogens is 1. The van der Waals surface area contributed by atoms with Crippen LogP contribution in [-0.2, 0) is 4.79 Å². The fourth-order valence-electron chi connectivity index (χ4n) is 5.13. The number of Topliss-reactive ketones (excluding diaryl/α,β-unsaturated/α-hetero) is 1. The Bertz CT molecular complexity index is 1820. The van der Waals surface area contributed by atoms with Gasteiger partial charge in [-0.1, -0.05) is 60.1 Å². The van der Waals surface area contributed by atoms with E-state index in [1.807, 2.05) is 42.5 Å². The Labute approximate surface area is 228 Å². The van der Waals surface area contributed by atoms with E-state index in [-0.39, 0.29) is 11.3 Å². The van der Waals surface area contributed by atoms with Crippen LogP contribution in [0.3, 0.4) is 0 Å². The van der Waals surface area contributed by atoms with Gasteiger partial charge in [0.05, 0.1) is 25.8 Å². The second-order valence-electron chi connectivity index (χ2n) is 9.08. The van der Waals surface area contributed by atoms with Gasteiger partial charge in [-0.3, -0.25) is 14.5 Å². The first-order valence-corrected chi connectivity index (χ1v) is 12.5. The van der Waals surface area contributed by atoms with Crippen molar-refractivity contribution in [1.29, 1.82) is 0 Å². The molecule has 1 atom stereocenters. The molecule has 0 bridgehead atoms. The zero-order valence-corrected chi connectivity index (χ0v) is 21.7. The molecule has 0 saturated carbocycles. The van der Waals surface area contributed by atoms with Crippen molar-refractivity contribution in [3.05, 3.63) is 113 Å². The van der Waals surface area contributed by atoms with E-state index in [1.54, 1.807) is 36.4 Å². The fourth-order valence-corrected chi connectivity index (χ4v) is 5.35. The summed E-state index contributed by atoms with van der Waals surface area (Å²) >= 11 is 6.21. The van der Waals surface area contributed by atoms with Crippen LogP contribution in [0.5, 0.6) is 11.5 Å². The molecule has 0 radical (unpaired) electrons. The number of hydrogen-bond acceptors (Lipinski definition) is 6. The lowest BCUT2D eigenvalue weighted by Gasteiger charge is -2.28. The predicted octanol–water partition coefficient (Wildman–Crippen LogP) is 7.04. The van der Waals surface area contributed by atoms with Crippen molar-refractivity contribution in [3.8, 4) is 11.5 Å². The Morgan fingerprint density at radius 2 is 1.69 bits per heavy atom. The van der Waals surface area contributed by atoms with Gasteiger partial charge in [0.25, 0.3) is 5.91 Å². The molecule has 0 saturated heterocycles. The molecule has 2 heterocycles. The summed E-state index contributed by atoms with van der Waals surface area (Å²) in [6.45, 7) is 0. The molecule has 194 valence electrons. The number of methoxy groups -OCH3 is 2. The number of aliphatic hydroxyl groups is 1. The zero-order valence-electron chi connectivity index (χ0n) is 21.0. The van der Waals surface area contributed by atoms with E-state index < -0.39 is 23.5 Å². The normalized spacial score (nSPS) is 15.4. The van der Waals surface area contributed by atoms with Crippen LogP contribution in [0.1, 0.15) is 22.2 Å². The third-order valence-electron chi connectivity index (χ3n) is 6.89. The summed E-state index contributed by atoms with van der Waals surface area (Å²) < 4.78 is 16.7. The molecule has 5 aromatic rings. The molecule has 0 aliphatic carbocycles. The van der Waals surface area contributed by atoms with Crippen molar-refractivity contribution in [2.75, 3.05) is 19.1 Å². The molecular weight excluding hydrogens is 518 g/mol. The molecular formula is C31H22ClNO6. The molecule has 0 fully saturated rings. The van der Waals surface area contributed by atoms with Crippen LogP contribution in [0, 0.1) is 0 Å². The summed E-state index contributed by atoms with van der Waals surface area (Å²) in [5.74, 6) is -1.15. The predicted molar refractivity (Wildman–Crippen MR) is 149 cm³/mol. The summed E-state index contributed by atoms with van der Waals surface area (Å²) in [4.78, 5) is 29.1. The van der Waals surface area contributed by atoms with E-state index in [4.69, 9.17) is 25.5 Å². The molecule has 0 spiro atoms. The van der Waals surface area contributed by atoms with Gasteiger partial charge >= 0.3 is 0 Å². The first-order valence-electron chi connectivity index (χ1n) is 12.1. The van der Waals surface area contributed by atoms with Gasteiger partial charge in [-0.05, 0) is 40.6 Å². The van der Waals surface area contributed by atoms with Crippen LogP contribution in [0.4, 0.5) is 5.69 Å². The van der Waals surface area contributed by atoms with Gasteiger partial charge in [-0.2, -0.15) is 0 Å². The van der Waals surface area contributed by atoms with Crippen LogP contribution in [0.25, 0.3) is 21.7 Å². The molecule has 1 aliphatic rings. The molecule has 4 aromatic carbocycles. The Kier molecular flexibility index (Phi) is 6.00. The van der Waals surface area contributed by atoms with Crippen molar-refractivity contribution >= 4 is 50.7 Å². The van der Waals surface area contributed by atoms with E-state index in [9.17, 15) is 14.7 Å². The van der Waals surface area contributed by atoms with Crippen molar-refractivity contribution in [1.82, 2.24) is 0 Å². The fraction of sp³-hybridized carbons (Fsp3) is 0.0968. The monoisotopic (exact) mass is 539 g/mol. The number of anilines is 1. The van der Waals surface area contributed by atoms with Gasteiger partial charge in [-0.15, -0.1) is 0 Å². The lowest BCUT2D eigenvalue weighted by molar-refractivity contribution is -0.117. The number of benzene rings is 4. The molecule has 1 unspecified atom stereocenters. The van der Waals surface area contributed by atoms with Gasteiger partial charge in [0.2, 0.25) is 5.78 Å². The van der Waals surface area contributed by atoms with E-state index in [2.05, 4.69) is 0 Å². The minimum atomic E-state index is -0.943. The summed E-state index contributed by atoms with van der Waals surface area (Å²) in [7, 11) is 3.00. The van der Waals surface area contributed by atoms with Crippen LogP contribution in [-0.4, -0.2) is 31.0 Å². The smallest absolute Gasteiger partial charge is 0.294 e. The minimum Gasteiger partial charge on any atom is -0.503 e. The van der Waals surface area contributed by atoms with E-state index in [0.717, 1.165) is 10.8 Å². The van der Waals surface area contributed by atoms with Crippen LogP contribution >= 0.6 is 11.6 Å². The molecule has 6 rings (SSSR count). The minimum absolute atomic E-state index is 0.0577. The van der Waals surface area contributed by atoms with E-state index >= 15 is 0 Å². The van der Waals surface area contributed by atoms with Gasteiger partial charge in [-0.25, -0.2) is 0 Å². The van der Waals surface area contributed by atoms with Gasteiger partial charge in [0, 0.05) is 28.2 Å². The lowest BCUT2D eigenvalue weighted by atomic mass is 9.91. The molecule has 1 N–H and O–H groups in total. The standard InChI is InChI=1S/C31H22ClNO6/c1-37-21-10-6-9-20(16-21)33-27(23-12-5-8-17-7-3-4-11-22(17)23)26(29(35)31(33)36)28(34)24-14-18-13-19(32)15-25(38-2)30(18)39-24/h3-16,27,35H,1-2H3. The molecule has 39 heavy (non-hydrogen) atoms. The van der Waals surface area contributed by atoms with Crippen molar-refractivity contribution < 1.29 is 28.6 Å². The number of carbonyl (C=O) groups is 2. The summed E-state index contributed by atoms with van der Waals surface area (Å²) in [5.41, 5.74) is 1.38. The number of fused-ring (bicyclic) bond motifs is 2. The zero-order chi connectivity index (χ0) is 27.3. The highest BCUT2D eigenvalue weighted by Gasteiger charge is 2.46. The number of furan rings is 1. The Morgan fingerprint density at radius 3 is 2.49 bits per heavy atom. The summed E-state index contributed by atoms with van der Waals surface area (Å²) in [6.07, 6.45) is 0. The third-order valence-corrected chi connectivity index (χ3v) is 7.11. The number of nitrogens with zero attached hydrogens (tertiary/aromatic N) is 1. The largest absolute Gasteiger partial charge is 0.503 e. The average Bonchev–Trinajstić information content (AvgIpc) is 3.50. The van der Waals surface area contributed by atoms with Crippen LogP contribution < -0.4 is 14.4 Å². The second kappa shape index (κ2) is 9.53. The number of carbonyl (C=O) groups excluding carboxylic acids is 2. The van der Waals surface area contributed by atoms with Crippen molar-refractivity contribution in [2.45, 2.75) is 6.04 Å². The molecule has 8 heteroatoms. The number of ether oxygens (including phenoxy) is 2. The van der Waals surface area contributed by atoms with Crippen LogP contribution in [0.15, 0.2) is 101 Å². The lowest BCUT2D eigenvalue weighted by Crippen LogP contribution is -2.31. The van der Waals surface area contributed by atoms with E-state index in [1.165, 1.54) is 25.2 Å².